The van der Waals surface area contributed by atoms with Crippen LogP contribution in [0.1, 0.15) is 19.8 Å². The summed E-state index contributed by atoms with van der Waals surface area (Å²) in [5.74, 6) is 0.771. The van der Waals surface area contributed by atoms with Gasteiger partial charge in [0.2, 0.25) is 10.0 Å². The number of benzene rings is 1. The van der Waals surface area contributed by atoms with Gasteiger partial charge in [0.05, 0.1) is 4.90 Å². The molecule has 132 valence electrons. The molecule has 0 spiro atoms. The van der Waals surface area contributed by atoms with Crippen LogP contribution < -0.4 is 10.0 Å². The van der Waals surface area contributed by atoms with E-state index in [1.807, 2.05) is 11.9 Å². The van der Waals surface area contributed by atoms with E-state index in [1.165, 1.54) is 0 Å². The molecule has 0 unspecified atom stereocenters. The number of aliphatic imine (C=N–C) groups is 1. The topological polar surface area (TPSA) is 73.8 Å². The molecule has 1 rings (SSSR count). The van der Waals surface area contributed by atoms with Gasteiger partial charge in [-0.2, -0.15) is 0 Å². The van der Waals surface area contributed by atoms with Crippen molar-refractivity contribution in [3.8, 4) is 0 Å². The molecule has 0 aliphatic carbocycles. The molecule has 0 fully saturated rings. The van der Waals surface area contributed by atoms with Crippen molar-refractivity contribution in [3.63, 3.8) is 0 Å². The summed E-state index contributed by atoms with van der Waals surface area (Å²) in [4.78, 5) is 6.50. The number of guanidine groups is 1. The van der Waals surface area contributed by atoms with Crippen LogP contribution in [0.25, 0.3) is 0 Å². The molecule has 0 saturated carbocycles. The van der Waals surface area contributed by atoms with Crippen LogP contribution in [0.2, 0.25) is 0 Å². The Hall–Kier alpha value is -0.870. The second-order valence-electron chi connectivity index (χ2n) is 4.96. The largest absolute Gasteiger partial charge is 0.355 e. The zero-order chi connectivity index (χ0) is 16.4. The highest BCUT2D eigenvalue weighted by molar-refractivity contribution is 14.0. The molecule has 0 aromatic heterocycles. The molecule has 2 N–H and O–H groups in total. The fraction of sp³-hybridized carbons (Fsp3) is 0.533. The smallest absolute Gasteiger partial charge is 0.240 e. The first-order chi connectivity index (χ1) is 10.5. The molecule has 8 heteroatoms. The third-order valence-electron chi connectivity index (χ3n) is 3.17. The predicted molar refractivity (Wildman–Crippen MR) is 106 cm³/mol. The van der Waals surface area contributed by atoms with Crippen molar-refractivity contribution in [1.82, 2.24) is 14.9 Å². The van der Waals surface area contributed by atoms with Crippen LogP contribution in [0, 0.1) is 0 Å². The van der Waals surface area contributed by atoms with Gasteiger partial charge in [-0.15, -0.1) is 24.0 Å². The molecule has 0 aliphatic heterocycles. The molecule has 0 bridgehead atoms. The molecule has 23 heavy (non-hydrogen) atoms. The van der Waals surface area contributed by atoms with Crippen LogP contribution in [0.15, 0.2) is 40.2 Å². The van der Waals surface area contributed by atoms with Gasteiger partial charge in [-0.3, -0.25) is 4.99 Å². The van der Waals surface area contributed by atoms with Crippen LogP contribution in [0.5, 0.6) is 0 Å². The van der Waals surface area contributed by atoms with E-state index in [2.05, 4.69) is 22.0 Å². The number of hydrogen-bond donors (Lipinski definition) is 2. The second kappa shape index (κ2) is 11.6. The van der Waals surface area contributed by atoms with Crippen LogP contribution >= 0.6 is 24.0 Å². The Bertz CT molecular complexity index is 564. The number of nitrogens with zero attached hydrogens (tertiary/aromatic N) is 2. The minimum atomic E-state index is -3.44. The van der Waals surface area contributed by atoms with Gasteiger partial charge < -0.3 is 10.2 Å². The van der Waals surface area contributed by atoms with E-state index in [1.54, 1.807) is 37.4 Å². The Morgan fingerprint density at radius 3 is 2.43 bits per heavy atom. The fourth-order valence-electron chi connectivity index (χ4n) is 1.93. The summed E-state index contributed by atoms with van der Waals surface area (Å²) in [6, 6.07) is 8.35. The van der Waals surface area contributed by atoms with E-state index in [9.17, 15) is 8.42 Å². The Morgan fingerprint density at radius 2 is 1.87 bits per heavy atom. The van der Waals surface area contributed by atoms with Gasteiger partial charge in [-0.1, -0.05) is 31.5 Å². The van der Waals surface area contributed by atoms with E-state index in [0.29, 0.717) is 13.1 Å². The molecule has 1 aromatic carbocycles. The van der Waals surface area contributed by atoms with Crippen LogP contribution in [0.4, 0.5) is 0 Å². The number of unbranched alkanes of at least 4 members (excludes halogenated alkanes) is 1. The third-order valence-corrected chi connectivity index (χ3v) is 4.65. The maximum atomic E-state index is 12.0. The van der Waals surface area contributed by atoms with Crippen molar-refractivity contribution >= 4 is 40.0 Å². The number of nitrogens with one attached hydrogen (secondary N) is 2. The van der Waals surface area contributed by atoms with Gasteiger partial charge in [0.15, 0.2) is 5.96 Å². The lowest BCUT2D eigenvalue weighted by Gasteiger charge is -2.21. The monoisotopic (exact) mass is 454 g/mol. The normalized spacial score (nSPS) is 11.7. The molecule has 0 atom stereocenters. The summed E-state index contributed by atoms with van der Waals surface area (Å²) < 4.78 is 26.7. The van der Waals surface area contributed by atoms with Crippen molar-refractivity contribution in [2.75, 3.05) is 33.7 Å². The van der Waals surface area contributed by atoms with Gasteiger partial charge in [0.1, 0.15) is 0 Å². The molecule has 1 aromatic rings. The summed E-state index contributed by atoms with van der Waals surface area (Å²) in [6.07, 6.45) is 2.22. The van der Waals surface area contributed by atoms with Crippen molar-refractivity contribution in [2.45, 2.75) is 24.7 Å². The zero-order valence-corrected chi connectivity index (χ0v) is 17.1. The first-order valence-corrected chi connectivity index (χ1v) is 8.96. The minimum absolute atomic E-state index is 0. The summed E-state index contributed by atoms with van der Waals surface area (Å²) >= 11 is 0. The number of rotatable bonds is 8. The number of sulfonamides is 1. The lowest BCUT2D eigenvalue weighted by Crippen LogP contribution is -2.42. The Labute approximate surface area is 156 Å². The third kappa shape index (κ3) is 7.98. The SMILES string of the molecule is CCCCN(C)C(=NC)NCCNS(=O)(=O)c1ccccc1.I. The second-order valence-corrected chi connectivity index (χ2v) is 6.73. The highest BCUT2D eigenvalue weighted by Crippen LogP contribution is 2.06. The average Bonchev–Trinajstić information content (AvgIpc) is 2.53. The lowest BCUT2D eigenvalue weighted by atomic mass is 10.3. The van der Waals surface area contributed by atoms with Crippen LogP contribution in [-0.4, -0.2) is 53.0 Å². The van der Waals surface area contributed by atoms with Gasteiger partial charge in [-0.05, 0) is 18.6 Å². The van der Waals surface area contributed by atoms with Crippen LogP contribution in [0.3, 0.4) is 0 Å². The first kappa shape index (κ1) is 22.1. The molecular weight excluding hydrogens is 427 g/mol. The van der Waals surface area contributed by atoms with Crippen molar-refractivity contribution in [1.29, 1.82) is 0 Å². The molecule has 0 amide bonds. The predicted octanol–water partition coefficient (Wildman–Crippen LogP) is 1.89. The minimum Gasteiger partial charge on any atom is -0.355 e. The van der Waals surface area contributed by atoms with E-state index in [-0.39, 0.29) is 28.9 Å². The Morgan fingerprint density at radius 1 is 1.22 bits per heavy atom. The molecule has 0 saturated heterocycles. The maximum absolute atomic E-state index is 12.0. The maximum Gasteiger partial charge on any atom is 0.240 e. The van der Waals surface area contributed by atoms with E-state index < -0.39 is 10.0 Å². The van der Waals surface area contributed by atoms with Gasteiger partial charge >= 0.3 is 0 Å². The first-order valence-electron chi connectivity index (χ1n) is 7.47. The van der Waals surface area contributed by atoms with Crippen molar-refractivity contribution in [3.05, 3.63) is 30.3 Å². The van der Waals surface area contributed by atoms with E-state index in [4.69, 9.17) is 0 Å². The molecule has 0 heterocycles. The van der Waals surface area contributed by atoms with E-state index in [0.717, 1.165) is 25.3 Å². The summed E-state index contributed by atoms with van der Waals surface area (Å²) in [5.41, 5.74) is 0. The molecule has 0 radical (unpaired) electrons. The Balaban J connectivity index is 0.00000484. The number of hydrogen-bond acceptors (Lipinski definition) is 3. The fourth-order valence-corrected chi connectivity index (χ4v) is 2.98. The molecular formula is C15H27IN4O2S. The molecule has 6 nitrogen and oxygen atoms in total. The van der Waals surface area contributed by atoms with Crippen molar-refractivity contribution < 1.29 is 8.42 Å². The average molecular weight is 454 g/mol. The molecule has 0 aliphatic rings. The quantitative estimate of drug-likeness (QED) is 0.272. The number of halogens is 1. The Kier molecular flexibility index (Phi) is 11.2. The van der Waals surface area contributed by atoms with Gasteiger partial charge in [0.25, 0.3) is 0 Å². The summed E-state index contributed by atoms with van der Waals surface area (Å²) in [7, 11) is 0.250. The highest BCUT2D eigenvalue weighted by atomic mass is 127. The summed E-state index contributed by atoms with van der Waals surface area (Å²) in [6.45, 7) is 3.85. The van der Waals surface area contributed by atoms with E-state index >= 15 is 0 Å². The highest BCUT2D eigenvalue weighted by Gasteiger charge is 2.12. The standard InChI is InChI=1S/C15H26N4O2S.HI/c1-4-5-13-19(3)15(16-2)17-11-12-18-22(20,21)14-9-7-6-8-10-14;/h6-10,18H,4-5,11-13H2,1-3H3,(H,16,17);1H. The van der Waals surface area contributed by atoms with Gasteiger partial charge in [-0.25, -0.2) is 13.1 Å². The van der Waals surface area contributed by atoms with Crippen molar-refractivity contribution in [2.24, 2.45) is 4.99 Å². The summed E-state index contributed by atoms with van der Waals surface area (Å²) in [5, 5.41) is 3.15. The lowest BCUT2D eigenvalue weighted by molar-refractivity contribution is 0.465. The van der Waals surface area contributed by atoms with Gasteiger partial charge in [0, 0.05) is 33.7 Å². The van der Waals surface area contributed by atoms with Crippen LogP contribution in [-0.2, 0) is 10.0 Å². The zero-order valence-electron chi connectivity index (χ0n) is 13.9.